The van der Waals surface area contributed by atoms with Gasteiger partial charge in [0.25, 0.3) is 0 Å². The third-order valence-corrected chi connectivity index (χ3v) is 9.04. The molecule has 5 heteroatoms. The molecule has 0 saturated heterocycles. The first-order valence-corrected chi connectivity index (χ1v) is 14.0. The molecule has 0 N–H and O–H groups in total. The molecule has 0 bridgehead atoms. The number of aryl methyl sites for hydroxylation is 1. The second-order valence-electron chi connectivity index (χ2n) is 11.8. The van der Waals surface area contributed by atoms with Crippen molar-refractivity contribution in [3.05, 3.63) is 82.7 Å². The summed E-state index contributed by atoms with van der Waals surface area (Å²) in [5, 5.41) is 0. The van der Waals surface area contributed by atoms with Crippen LogP contribution in [0.3, 0.4) is 0 Å². The van der Waals surface area contributed by atoms with Crippen LogP contribution in [0.1, 0.15) is 80.5 Å². The number of carbonyl (C=O) groups is 1. The van der Waals surface area contributed by atoms with Crippen LogP contribution in [0, 0.1) is 17.2 Å². The molecule has 0 radical (unpaired) electrons. The maximum atomic E-state index is 15.1. The third-order valence-electron chi connectivity index (χ3n) is 9.04. The van der Waals surface area contributed by atoms with Gasteiger partial charge in [-0.15, -0.1) is 0 Å². The number of ether oxygens (including phenoxy) is 3. The summed E-state index contributed by atoms with van der Waals surface area (Å²) in [6, 6.07) is 17.5. The Morgan fingerprint density at radius 1 is 0.974 bits per heavy atom. The summed E-state index contributed by atoms with van der Waals surface area (Å²) in [5.41, 5.74) is 6.32. The van der Waals surface area contributed by atoms with Crippen LogP contribution in [-0.4, -0.2) is 20.2 Å². The van der Waals surface area contributed by atoms with Gasteiger partial charge in [-0.1, -0.05) is 51.5 Å². The first-order valence-electron chi connectivity index (χ1n) is 14.0. The fourth-order valence-electron chi connectivity index (χ4n) is 6.71. The Morgan fingerprint density at radius 2 is 1.77 bits per heavy atom. The molecule has 0 spiro atoms. The van der Waals surface area contributed by atoms with E-state index in [1.54, 1.807) is 19.2 Å². The number of benzene rings is 3. The highest BCUT2D eigenvalue weighted by Gasteiger charge is 2.37. The van der Waals surface area contributed by atoms with Gasteiger partial charge in [-0.3, -0.25) is 4.79 Å². The predicted octanol–water partition coefficient (Wildman–Crippen LogP) is 8.21. The summed E-state index contributed by atoms with van der Waals surface area (Å²) >= 11 is 0. The van der Waals surface area contributed by atoms with Gasteiger partial charge in [0, 0.05) is 5.56 Å². The standard InChI is InChI=1S/C34H39FO4/c1-21(33(36)38-5)26-14-10-23-9-11-25(19-28(23)26)39-20-22-8-13-27(30-18-24(37-4)12-15-32(30)35)29(17-22)31-7-6-16-34(31,2)3/h8-9,11-13,15,17-19,21,26,31H,6-7,10,14,16,20H2,1-5H3/t21?,26?,31-/m0/s1. The zero-order valence-electron chi connectivity index (χ0n) is 23.7. The summed E-state index contributed by atoms with van der Waals surface area (Å²) in [7, 11) is 3.05. The molecule has 2 aliphatic carbocycles. The topological polar surface area (TPSA) is 44.8 Å². The van der Waals surface area contributed by atoms with Crippen LogP contribution in [0.2, 0.25) is 0 Å². The number of fused-ring (bicyclic) bond motifs is 1. The molecule has 0 aromatic heterocycles. The summed E-state index contributed by atoms with van der Waals surface area (Å²) in [4.78, 5) is 12.2. The second-order valence-corrected chi connectivity index (χ2v) is 11.8. The van der Waals surface area contributed by atoms with Crippen LogP contribution < -0.4 is 9.47 Å². The number of hydrogen-bond donors (Lipinski definition) is 0. The van der Waals surface area contributed by atoms with Gasteiger partial charge in [0.1, 0.15) is 23.9 Å². The molecule has 39 heavy (non-hydrogen) atoms. The van der Waals surface area contributed by atoms with Gasteiger partial charge in [0.15, 0.2) is 0 Å². The molecule has 3 atom stereocenters. The lowest BCUT2D eigenvalue weighted by Crippen LogP contribution is -2.19. The molecular weight excluding hydrogens is 491 g/mol. The molecule has 2 aliphatic rings. The first-order chi connectivity index (χ1) is 18.7. The molecule has 0 heterocycles. The quantitative estimate of drug-likeness (QED) is 0.275. The van der Waals surface area contributed by atoms with Gasteiger partial charge in [-0.2, -0.15) is 0 Å². The summed E-state index contributed by atoms with van der Waals surface area (Å²) in [5.74, 6) is 1.31. The Kier molecular flexibility index (Phi) is 7.70. The molecule has 4 nitrogen and oxygen atoms in total. The first kappa shape index (κ1) is 27.2. The fraction of sp³-hybridized carbons (Fsp3) is 0.441. The van der Waals surface area contributed by atoms with E-state index >= 15 is 4.39 Å². The number of halogens is 1. The Morgan fingerprint density at radius 3 is 2.49 bits per heavy atom. The SMILES string of the molecule is COC(=O)C(C)C1CCc2ccc(OCc3ccc(-c4cc(OC)ccc4F)c([C@@H]4CCCC4(C)C)c3)cc21. The summed E-state index contributed by atoms with van der Waals surface area (Å²) in [6.45, 7) is 6.99. The molecule has 0 aliphatic heterocycles. The Hall–Kier alpha value is -3.34. The number of rotatable bonds is 8. The van der Waals surface area contributed by atoms with Crippen molar-refractivity contribution in [1.29, 1.82) is 0 Å². The van der Waals surface area contributed by atoms with Crippen LogP contribution in [-0.2, 0) is 22.6 Å². The fourth-order valence-corrected chi connectivity index (χ4v) is 6.71. The number of methoxy groups -OCH3 is 2. The van der Waals surface area contributed by atoms with E-state index in [-0.39, 0.29) is 29.0 Å². The van der Waals surface area contributed by atoms with Crippen molar-refractivity contribution in [1.82, 2.24) is 0 Å². The average molecular weight is 531 g/mol. The number of hydrogen-bond acceptors (Lipinski definition) is 4. The van der Waals surface area contributed by atoms with E-state index in [1.165, 1.54) is 36.3 Å². The van der Waals surface area contributed by atoms with E-state index in [0.29, 0.717) is 23.8 Å². The van der Waals surface area contributed by atoms with Crippen LogP contribution in [0.5, 0.6) is 11.5 Å². The summed E-state index contributed by atoms with van der Waals surface area (Å²) < 4.78 is 31.8. The van der Waals surface area contributed by atoms with Crippen LogP contribution >= 0.6 is 0 Å². The lowest BCUT2D eigenvalue weighted by atomic mass is 9.75. The van der Waals surface area contributed by atoms with Crippen molar-refractivity contribution in [2.75, 3.05) is 14.2 Å². The maximum Gasteiger partial charge on any atom is 0.308 e. The highest BCUT2D eigenvalue weighted by atomic mass is 19.1. The summed E-state index contributed by atoms with van der Waals surface area (Å²) in [6.07, 6.45) is 5.31. The van der Waals surface area contributed by atoms with Gasteiger partial charge in [-0.25, -0.2) is 4.39 Å². The van der Waals surface area contributed by atoms with Gasteiger partial charge >= 0.3 is 5.97 Å². The van der Waals surface area contributed by atoms with E-state index in [1.807, 2.05) is 25.1 Å². The maximum absolute atomic E-state index is 15.1. The van der Waals surface area contributed by atoms with E-state index in [4.69, 9.17) is 14.2 Å². The van der Waals surface area contributed by atoms with Crippen molar-refractivity contribution >= 4 is 5.97 Å². The van der Waals surface area contributed by atoms with Crippen LogP contribution in [0.4, 0.5) is 4.39 Å². The van der Waals surface area contributed by atoms with Gasteiger partial charge in [-0.05, 0) is 101 Å². The van der Waals surface area contributed by atoms with Crippen LogP contribution in [0.25, 0.3) is 11.1 Å². The molecular formula is C34H39FO4. The number of esters is 1. The predicted molar refractivity (Wildman–Crippen MR) is 152 cm³/mol. The monoisotopic (exact) mass is 530 g/mol. The molecule has 0 amide bonds. The molecule has 2 unspecified atom stereocenters. The lowest BCUT2D eigenvalue weighted by Gasteiger charge is -2.30. The Bertz CT molecular complexity index is 1360. The molecule has 206 valence electrons. The largest absolute Gasteiger partial charge is 0.497 e. The zero-order valence-corrected chi connectivity index (χ0v) is 23.7. The van der Waals surface area contributed by atoms with Gasteiger partial charge < -0.3 is 14.2 Å². The van der Waals surface area contributed by atoms with Gasteiger partial charge in [0.2, 0.25) is 0 Å². The average Bonchev–Trinajstić information content (AvgIpc) is 3.53. The van der Waals surface area contributed by atoms with Gasteiger partial charge in [0.05, 0.1) is 20.1 Å². The van der Waals surface area contributed by atoms with Crippen molar-refractivity contribution in [3.8, 4) is 22.6 Å². The molecule has 5 rings (SSSR count). The third kappa shape index (κ3) is 5.41. The van der Waals surface area contributed by atoms with Crippen molar-refractivity contribution in [3.63, 3.8) is 0 Å². The number of carbonyl (C=O) groups excluding carboxylic acids is 1. The molecule has 1 saturated carbocycles. The van der Waals surface area contributed by atoms with E-state index < -0.39 is 0 Å². The lowest BCUT2D eigenvalue weighted by molar-refractivity contribution is -0.145. The Balaban J connectivity index is 1.43. The molecule has 3 aromatic rings. The highest BCUT2D eigenvalue weighted by Crippen LogP contribution is 2.51. The van der Waals surface area contributed by atoms with Crippen molar-refractivity contribution in [2.24, 2.45) is 11.3 Å². The normalized spacial score (nSPS) is 20.4. The van der Waals surface area contributed by atoms with E-state index in [0.717, 1.165) is 42.6 Å². The van der Waals surface area contributed by atoms with E-state index in [9.17, 15) is 4.79 Å². The minimum atomic E-state index is -0.245. The zero-order chi connectivity index (χ0) is 27.7. The second kappa shape index (κ2) is 11.0. The van der Waals surface area contributed by atoms with Crippen molar-refractivity contribution in [2.45, 2.75) is 71.3 Å². The molecule has 1 fully saturated rings. The minimum absolute atomic E-state index is 0.134. The van der Waals surface area contributed by atoms with Crippen LogP contribution in [0.15, 0.2) is 54.6 Å². The Labute approximate surface area is 231 Å². The minimum Gasteiger partial charge on any atom is -0.497 e. The van der Waals surface area contributed by atoms with Crippen molar-refractivity contribution < 1.29 is 23.4 Å². The highest BCUT2D eigenvalue weighted by molar-refractivity contribution is 5.73. The smallest absolute Gasteiger partial charge is 0.308 e. The van der Waals surface area contributed by atoms with E-state index in [2.05, 4.69) is 32.0 Å². The molecule has 3 aromatic carbocycles.